The van der Waals surface area contributed by atoms with Crippen LogP contribution in [0, 0.1) is 0 Å². The average Bonchev–Trinajstić information content (AvgIpc) is 2.81. The molecule has 0 saturated carbocycles. The van der Waals surface area contributed by atoms with E-state index in [0.29, 0.717) is 32.9 Å². The fourth-order valence-electron chi connectivity index (χ4n) is 2.40. The zero-order valence-electron chi connectivity index (χ0n) is 10.1. The van der Waals surface area contributed by atoms with E-state index in [1.165, 1.54) is 0 Å². The van der Waals surface area contributed by atoms with Gasteiger partial charge in [0.1, 0.15) is 0 Å². The third kappa shape index (κ3) is 2.07. The number of carbonyl (C=O) groups excluding carboxylic acids is 1. The maximum atomic E-state index is 12.2. The first-order valence-corrected chi connectivity index (χ1v) is 6.09. The first-order chi connectivity index (χ1) is 8.74. The molecule has 96 valence electrons. The van der Waals surface area contributed by atoms with Crippen molar-refractivity contribution in [3.8, 4) is 0 Å². The zero-order chi connectivity index (χ0) is 12.5. The normalized spacial score (nSPS) is 22.9. The van der Waals surface area contributed by atoms with Crippen molar-refractivity contribution in [2.45, 2.75) is 19.2 Å². The summed E-state index contributed by atoms with van der Waals surface area (Å²) in [5.41, 5.74) is 8.77. The molecule has 1 unspecified atom stereocenters. The van der Waals surface area contributed by atoms with E-state index in [-0.39, 0.29) is 5.91 Å². The molecule has 2 heterocycles. The Morgan fingerprint density at radius 1 is 1.28 bits per heavy atom. The van der Waals surface area contributed by atoms with Gasteiger partial charge < -0.3 is 20.1 Å². The van der Waals surface area contributed by atoms with E-state index in [9.17, 15) is 4.79 Å². The highest BCUT2D eigenvalue weighted by Gasteiger charge is 2.31. The van der Waals surface area contributed by atoms with Crippen LogP contribution >= 0.6 is 0 Å². The second-order valence-corrected chi connectivity index (χ2v) is 4.66. The number of ether oxygens (including phenoxy) is 2. The first kappa shape index (κ1) is 11.5. The van der Waals surface area contributed by atoms with Crippen molar-refractivity contribution in [2.24, 2.45) is 0 Å². The molecule has 0 radical (unpaired) electrons. The summed E-state index contributed by atoms with van der Waals surface area (Å²) >= 11 is 0. The molecule has 0 aliphatic carbocycles. The Hall–Kier alpha value is -1.59. The molecule has 1 amide bonds. The minimum absolute atomic E-state index is 0.00414. The lowest BCUT2D eigenvalue weighted by molar-refractivity contribution is -0.158. The third-order valence-corrected chi connectivity index (χ3v) is 3.36. The Kier molecular flexibility index (Phi) is 2.93. The van der Waals surface area contributed by atoms with Gasteiger partial charge in [0.2, 0.25) is 0 Å². The fourth-order valence-corrected chi connectivity index (χ4v) is 2.40. The van der Waals surface area contributed by atoms with Crippen molar-refractivity contribution in [3.05, 3.63) is 29.3 Å². The van der Waals surface area contributed by atoms with Crippen molar-refractivity contribution in [1.29, 1.82) is 0 Å². The summed E-state index contributed by atoms with van der Waals surface area (Å²) in [6.45, 7) is 2.66. The molecule has 1 aromatic carbocycles. The Balaban J connectivity index is 1.71. The minimum Gasteiger partial charge on any atom is -0.399 e. The van der Waals surface area contributed by atoms with Crippen molar-refractivity contribution < 1.29 is 14.3 Å². The van der Waals surface area contributed by atoms with Gasteiger partial charge in [-0.15, -0.1) is 0 Å². The van der Waals surface area contributed by atoms with Gasteiger partial charge in [0.15, 0.2) is 6.10 Å². The number of amides is 1. The summed E-state index contributed by atoms with van der Waals surface area (Å²) < 4.78 is 10.7. The van der Waals surface area contributed by atoms with Crippen LogP contribution in [0.15, 0.2) is 18.2 Å². The van der Waals surface area contributed by atoms with Gasteiger partial charge in [0.25, 0.3) is 5.91 Å². The number of nitrogens with two attached hydrogens (primary N) is 1. The molecule has 0 bridgehead atoms. The van der Waals surface area contributed by atoms with Crippen LogP contribution in [-0.4, -0.2) is 36.7 Å². The van der Waals surface area contributed by atoms with Crippen molar-refractivity contribution in [1.82, 2.24) is 4.90 Å². The van der Waals surface area contributed by atoms with Gasteiger partial charge in [-0.05, 0) is 23.3 Å². The molecule has 1 saturated heterocycles. The second kappa shape index (κ2) is 4.59. The first-order valence-electron chi connectivity index (χ1n) is 6.09. The van der Waals surface area contributed by atoms with Crippen LogP contribution in [0.1, 0.15) is 11.1 Å². The van der Waals surface area contributed by atoms with Crippen molar-refractivity contribution in [3.63, 3.8) is 0 Å². The van der Waals surface area contributed by atoms with Gasteiger partial charge in [-0.3, -0.25) is 4.79 Å². The molecule has 2 N–H and O–H groups in total. The maximum Gasteiger partial charge on any atom is 0.254 e. The van der Waals surface area contributed by atoms with Gasteiger partial charge >= 0.3 is 0 Å². The fraction of sp³-hybridized carbons (Fsp3) is 0.462. The largest absolute Gasteiger partial charge is 0.399 e. The minimum atomic E-state index is -0.453. The van der Waals surface area contributed by atoms with Crippen LogP contribution < -0.4 is 5.73 Å². The topological polar surface area (TPSA) is 64.8 Å². The molecule has 2 aliphatic heterocycles. The van der Waals surface area contributed by atoms with Gasteiger partial charge in [-0.2, -0.15) is 0 Å². The molecule has 1 fully saturated rings. The molecule has 1 aromatic rings. The van der Waals surface area contributed by atoms with Crippen LogP contribution in [0.5, 0.6) is 0 Å². The number of benzene rings is 1. The van der Waals surface area contributed by atoms with Crippen molar-refractivity contribution in [2.75, 3.05) is 25.6 Å². The molecular formula is C13H16N2O3. The molecule has 18 heavy (non-hydrogen) atoms. The summed E-state index contributed by atoms with van der Waals surface area (Å²) in [7, 11) is 0. The maximum absolute atomic E-state index is 12.2. The second-order valence-electron chi connectivity index (χ2n) is 4.66. The van der Waals surface area contributed by atoms with Crippen LogP contribution in [-0.2, 0) is 27.4 Å². The number of rotatable bonds is 1. The predicted molar refractivity (Wildman–Crippen MR) is 65.7 cm³/mol. The molecule has 0 spiro atoms. The number of nitrogens with zero attached hydrogens (tertiary/aromatic N) is 1. The number of hydrogen-bond donors (Lipinski definition) is 1. The Bertz CT molecular complexity index is 469. The molecule has 5 nitrogen and oxygen atoms in total. The Morgan fingerprint density at radius 3 is 2.89 bits per heavy atom. The number of carbonyl (C=O) groups is 1. The van der Waals surface area contributed by atoms with Gasteiger partial charge in [0, 0.05) is 18.8 Å². The lowest BCUT2D eigenvalue weighted by Gasteiger charge is -2.26. The standard InChI is InChI=1S/C13H16N2O3/c14-11-2-1-9-6-15(7-10(9)5-11)13(16)12-8-17-3-4-18-12/h1-2,5,12H,3-4,6-8,14H2. The number of anilines is 1. The molecule has 1 atom stereocenters. The average molecular weight is 248 g/mol. The van der Waals surface area contributed by atoms with E-state index in [2.05, 4.69) is 0 Å². The number of hydrogen-bond acceptors (Lipinski definition) is 4. The zero-order valence-corrected chi connectivity index (χ0v) is 10.1. The molecule has 5 heteroatoms. The summed E-state index contributed by atoms with van der Waals surface area (Å²) in [5.74, 6) is 0.00414. The van der Waals surface area contributed by atoms with Crippen LogP contribution in [0.3, 0.4) is 0 Å². The quantitative estimate of drug-likeness (QED) is 0.736. The van der Waals surface area contributed by atoms with E-state index < -0.39 is 6.10 Å². The SMILES string of the molecule is Nc1ccc2c(c1)CN(C(=O)C1COCCO1)C2. The van der Waals surface area contributed by atoms with Gasteiger partial charge in [0.05, 0.1) is 19.8 Å². The lowest BCUT2D eigenvalue weighted by Crippen LogP contribution is -2.43. The highest BCUT2D eigenvalue weighted by atomic mass is 16.6. The van der Waals surface area contributed by atoms with E-state index in [0.717, 1.165) is 16.8 Å². The Labute approximate surface area is 105 Å². The number of fused-ring (bicyclic) bond motifs is 1. The lowest BCUT2D eigenvalue weighted by atomic mass is 10.1. The van der Waals surface area contributed by atoms with Crippen LogP contribution in [0.2, 0.25) is 0 Å². The van der Waals surface area contributed by atoms with Gasteiger partial charge in [-0.25, -0.2) is 0 Å². The van der Waals surface area contributed by atoms with E-state index >= 15 is 0 Å². The molecule has 2 aliphatic rings. The van der Waals surface area contributed by atoms with Crippen molar-refractivity contribution >= 4 is 11.6 Å². The molecule has 3 rings (SSSR count). The molecule has 0 aromatic heterocycles. The third-order valence-electron chi connectivity index (χ3n) is 3.36. The van der Waals surface area contributed by atoms with Crippen LogP contribution in [0.4, 0.5) is 5.69 Å². The molecular weight excluding hydrogens is 232 g/mol. The summed E-state index contributed by atoms with van der Waals surface area (Å²) in [6.07, 6.45) is -0.453. The smallest absolute Gasteiger partial charge is 0.254 e. The van der Waals surface area contributed by atoms with Gasteiger partial charge in [-0.1, -0.05) is 6.07 Å². The number of nitrogen functional groups attached to an aromatic ring is 1. The summed E-state index contributed by atoms with van der Waals surface area (Å²) in [5, 5.41) is 0. The van der Waals surface area contributed by atoms with E-state index in [1.807, 2.05) is 18.2 Å². The summed E-state index contributed by atoms with van der Waals surface area (Å²) in [4.78, 5) is 14.0. The predicted octanol–water partition coefficient (Wildman–Crippen LogP) is 0.526. The monoisotopic (exact) mass is 248 g/mol. The van der Waals surface area contributed by atoms with E-state index in [1.54, 1.807) is 4.90 Å². The van der Waals surface area contributed by atoms with Crippen LogP contribution in [0.25, 0.3) is 0 Å². The Morgan fingerprint density at radius 2 is 2.11 bits per heavy atom. The highest BCUT2D eigenvalue weighted by molar-refractivity contribution is 5.82. The van der Waals surface area contributed by atoms with E-state index in [4.69, 9.17) is 15.2 Å². The summed E-state index contributed by atoms with van der Waals surface area (Å²) in [6, 6.07) is 5.78. The highest BCUT2D eigenvalue weighted by Crippen LogP contribution is 2.25.